The molecule has 39 valence electrons. The van der Waals surface area contributed by atoms with Crippen LogP contribution in [0.3, 0.4) is 0 Å². The summed E-state index contributed by atoms with van der Waals surface area (Å²) in [5, 5.41) is 1.15. The Morgan fingerprint density at radius 3 is 2.43 bits per heavy atom. The second-order valence-electron chi connectivity index (χ2n) is 1.44. The molecule has 7 heavy (non-hydrogen) atoms. The van der Waals surface area contributed by atoms with Gasteiger partial charge in [-0.25, -0.2) is 8.42 Å². The molecule has 0 saturated carbocycles. The molecule has 0 spiro atoms. The van der Waals surface area contributed by atoms with Crippen LogP contribution in [0.5, 0.6) is 0 Å². The van der Waals surface area contributed by atoms with Gasteiger partial charge in [-0.1, -0.05) is 0 Å². The van der Waals surface area contributed by atoms with Gasteiger partial charge in [0.15, 0.2) is 9.84 Å². The lowest BCUT2D eigenvalue weighted by Gasteiger charge is -1.79. The number of hydrogen-bond acceptors (Lipinski definition) is 2. The second kappa shape index (κ2) is 1.33. The normalized spacial score (nSPS) is 25.7. The van der Waals surface area contributed by atoms with Gasteiger partial charge in [0, 0.05) is 5.41 Å². The minimum Gasteiger partial charge on any atom is -0.224 e. The van der Waals surface area contributed by atoms with Crippen LogP contribution in [0.25, 0.3) is 0 Å². The Balaban J connectivity index is 2.99. The topological polar surface area (TPSA) is 34.1 Å². The first-order valence-corrected chi connectivity index (χ1v) is 3.72. The van der Waals surface area contributed by atoms with E-state index < -0.39 is 9.84 Å². The van der Waals surface area contributed by atoms with Crippen LogP contribution in [0, 0.1) is 6.08 Å². The lowest BCUT2D eigenvalue weighted by molar-refractivity contribution is 0.606. The van der Waals surface area contributed by atoms with E-state index in [1.807, 2.05) is 0 Å². The van der Waals surface area contributed by atoms with Crippen LogP contribution in [0.1, 0.15) is 6.42 Å². The highest BCUT2D eigenvalue weighted by molar-refractivity contribution is 7.94. The number of hydrogen-bond donors (Lipinski definition) is 0. The van der Waals surface area contributed by atoms with Gasteiger partial charge in [0.2, 0.25) is 0 Å². The van der Waals surface area contributed by atoms with E-state index in [1.165, 1.54) is 0 Å². The van der Waals surface area contributed by atoms with Crippen molar-refractivity contribution in [1.82, 2.24) is 0 Å². The molecule has 0 aliphatic carbocycles. The molecule has 3 heteroatoms. The van der Waals surface area contributed by atoms with Crippen LogP contribution in [-0.2, 0) is 9.84 Å². The maximum Gasteiger partial charge on any atom is 0.172 e. The highest BCUT2D eigenvalue weighted by Crippen LogP contribution is 2.03. The molecule has 1 aliphatic heterocycles. The Hall–Kier alpha value is -0.310. The van der Waals surface area contributed by atoms with Crippen LogP contribution >= 0.6 is 0 Å². The maximum atomic E-state index is 10.3. The molecule has 0 N–H and O–H groups in total. The number of rotatable bonds is 0. The fraction of sp³-hybridized carbons (Fsp3) is 0.500. The summed E-state index contributed by atoms with van der Waals surface area (Å²) in [5.74, 6) is 0.257. The Kier molecular flexibility index (Phi) is 0.922. The molecule has 2 nitrogen and oxygen atoms in total. The molecule has 0 saturated heterocycles. The van der Waals surface area contributed by atoms with Crippen molar-refractivity contribution in [3.8, 4) is 0 Å². The van der Waals surface area contributed by atoms with Gasteiger partial charge in [0.25, 0.3) is 0 Å². The van der Waals surface area contributed by atoms with Crippen LogP contribution in [0.2, 0.25) is 0 Å². The van der Waals surface area contributed by atoms with E-state index in [1.54, 1.807) is 0 Å². The number of allylic oxidation sites excluding steroid dienone is 1. The van der Waals surface area contributed by atoms with E-state index in [2.05, 4.69) is 6.08 Å². The van der Waals surface area contributed by atoms with Crippen molar-refractivity contribution in [3.63, 3.8) is 0 Å². The van der Waals surface area contributed by atoms with Crippen molar-refractivity contribution in [2.75, 3.05) is 5.75 Å². The molecule has 0 unspecified atom stereocenters. The van der Waals surface area contributed by atoms with E-state index >= 15 is 0 Å². The fourth-order valence-corrected chi connectivity index (χ4v) is 1.34. The quantitative estimate of drug-likeness (QED) is 0.451. The van der Waals surface area contributed by atoms with E-state index in [0.717, 1.165) is 5.41 Å². The summed E-state index contributed by atoms with van der Waals surface area (Å²) in [6.45, 7) is 0. The highest BCUT2D eigenvalue weighted by Gasteiger charge is 2.09. The van der Waals surface area contributed by atoms with Crippen molar-refractivity contribution in [3.05, 3.63) is 11.5 Å². The minimum absolute atomic E-state index is 0.257. The van der Waals surface area contributed by atoms with Gasteiger partial charge in [0.1, 0.15) is 0 Å². The monoisotopic (exact) mass is 117 g/mol. The SMILES string of the molecule is O=S1(=O)C=[C]CC1. The molecule has 1 aliphatic rings. The Morgan fingerprint density at radius 2 is 2.29 bits per heavy atom. The van der Waals surface area contributed by atoms with E-state index in [-0.39, 0.29) is 5.75 Å². The molecule has 1 radical (unpaired) electrons. The second-order valence-corrected chi connectivity index (χ2v) is 3.41. The summed E-state index contributed by atoms with van der Waals surface area (Å²) < 4.78 is 20.6. The van der Waals surface area contributed by atoms with E-state index in [4.69, 9.17) is 0 Å². The molecule has 0 aromatic heterocycles. The van der Waals surface area contributed by atoms with Gasteiger partial charge in [-0.2, -0.15) is 0 Å². The van der Waals surface area contributed by atoms with Gasteiger partial charge in [-0.05, 0) is 12.5 Å². The third kappa shape index (κ3) is 1.03. The molecule has 0 aromatic rings. The zero-order chi connectivity index (χ0) is 5.33. The molecule has 0 atom stereocenters. The van der Waals surface area contributed by atoms with Crippen LogP contribution in [0.15, 0.2) is 5.41 Å². The van der Waals surface area contributed by atoms with Gasteiger partial charge in [-0.3, -0.25) is 0 Å². The van der Waals surface area contributed by atoms with Crippen molar-refractivity contribution in [2.24, 2.45) is 0 Å². The molecular formula is C4H5O2S. The zero-order valence-electron chi connectivity index (χ0n) is 3.72. The lowest BCUT2D eigenvalue weighted by Crippen LogP contribution is -1.92. The fourth-order valence-electron chi connectivity index (χ4n) is 0.446. The first kappa shape index (κ1) is 4.84. The van der Waals surface area contributed by atoms with Crippen molar-refractivity contribution < 1.29 is 8.42 Å². The third-order valence-electron chi connectivity index (χ3n) is 0.794. The summed E-state index contributed by atoms with van der Waals surface area (Å²) in [7, 11) is -2.78. The lowest BCUT2D eigenvalue weighted by atomic mass is 10.5. The van der Waals surface area contributed by atoms with Gasteiger partial charge < -0.3 is 0 Å². The summed E-state index contributed by atoms with van der Waals surface area (Å²) in [6.07, 6.45) is 3.17. The number of sulfone groups is 1. The van der Waals surface area contributed by atoms with Crippen LogP contribution in [-0.4, -0.2) is 14.2 Å². The zero-order valence-corrected chi connectivity index (χ0v) is 4.53. The smallest absolute Gasteiger partial charge is 0.172 e. The van der Waals surface area contributed by atoms with Crippen LogP contribution < -0.4 is 0 Å². The van der Waals surface area contributed by atoms with Gasteiger partial charge in [0.05, 0.1) is 5.75 Å². The molecule has 1 rings (SSSR count). The summed E-state index contributed by atoms with van der Waals surface area (Å²) in [4.78, 5) is 0. The predicted molar refractivity (Wildman–Crippen MR) is 26.2 cm³/mol. The minimum atomic E-state index is -2.78. The van der Waals surface area contributed by atoms with Gasteiger partial charge >= 0.3 is 0 Å². The van der Waals surface area contributed by atoms with E-state index in [9.17, 15) is 8.42 Å². The summed E-state index contributed by atoms with van der Waals surface area (Å²) >= 11 is 0. The molecule has 0 aromatic carbocycles. The first-order valence-electron chi connectivity index (χ1n) is 2.00. The standard InChI is InChI=1S/C4H5O2S/c5-7(6)3-1-2-4-7/h4H,1,3H2. The molecular weight excluding hydrogens is 112 g/mol. The summed E-state index contributed by atoms with van der Waals surface area (Å²) in [6, 6.07) is 0. The highest BCUT2D eigenvalue weighted by atomic mass is 32.2. The maximum absolute atomic E-state index is 10.3. The third-order valence-corrected chi connectivity index (χ3v) is 2.09. The van der Waals surface area contributed by atoms with Gasteiger partial charge in [-0.15, -0.1) is 0 Å². The first-order chi connectivity index (χ1) is 3.21. The average Bonchev–Trinajstić information content (AvgIpc) is 1.84. The van der Waals surface area contributed by atoms with Crippen molar-refractivity contribution >= 4 is 9.84 Å². The Morgan fingerprint density at radius 1 is 1.57 bits per heavy atom. The Bertz CT molecular complexity index is 176. The predicted octanol–water partition coefficient (Wildman–Crippen LogP) is 0.122. The molecule has 0 fully saturated rings. The average molecular weight is 117 g/mol. The summed E-state index contributed by atoms with van der Waals surface area (Å²) in [5.41, 5.74) is 0. The van der Waals surface area contributed by atoms with Crippen molar-refractivity contribution in [2.45, 2.75) is 6.42 Å². The largest absolute Gasteiger partial charge is 0.224 e. The van der Waals surface area contributed by atoms with Crippen molar-refractivity contribution in [1.29, 1.82) is 0 Å². The molecule has 0 bridgehead atoms. The van der Waals surface area contributed by atoms with E-state index in [0.29, 0.717) is 6.42 Å². The molecule has 0 amide bonds. The molecule has 1 heterocycles. The Labute approximate surface area is 42.8 Å². The van der Waals surface area contributed by atoms with Crippen LogP contribution in [0.4, 0.5) is 0 Å².